The first kappa shape index (κ1) is 16.5. The van der Waals surface area contributed by atoms with Gasteiger partial charge in [0.15, 0.2) is 0 Å². The van der Waals surface area contributed by atoms with Crippen molar-refractivity contribution in [3.8, 4) is 0 Å². The van der Waals surface area contributed by atoms with Crippen molar-refractivity contribution in [2.45, 2.75) is 37.9 Å². The normalized spacial score (nSPS) is 22.0. The molecular weight excluding hydrogens is 310 g/mol. The maximum Gasteiger partial charge on any atom is 0.407 e. The minimum absolute atomic E-state index is 0.0524. The second-order valence-electron chi connectivity index (χ2n) is 5.28. The summed E-state index contributed by atoms with van der Waals surface area (Å²) in [6, 6.07) is 4.28. The number of ether oxygens (including phenoxy) is 1. The first-order valence-electron chi connectivity index (χ1n) is 7.14. The summed E-state index contributed by atoms with van der Waals surface area (Å²) in [5.74, 6) is 0. The Morgan fingerprint density at radius 3 is 3.00 bits per heavy atom. The van der Waals surface area contributed by atoms with E-state index in [1.165, 1.54) is 12.0 Å². The molecule has 118 valence electrons. The van der Waals surface area contributed by atoms with Gasteiger partial charge < -0.3 is 15.8 Å². The van der Waals surface area contributed by atoms with E-state index in [2.05, 4.69) is 21.9 Å². The van der Waals surface area contributed by atoms with E-state index in [1.54, 1.807) is 11.3 Å². The zero-order valence-corrected chi connectivity index (χ0v) is 13.9. The van der Waals surface area contributed by atoms with E-state index in [9.17, 15) is 4.79 Å². The van der Waals surface area contributed by atoms with E-state index in [-0.39, 0.29) is 24.2 Å². The van der Waals surface area contributed by atoms with Gasteiger partial charge in [0.1, 0.15) is 0 Å². The van der Waals surface area contributed by atoms with Crippen LogP contribution in [0.2, 0.25) is 4.34 Å². The number of carbonyl (C=O) groups excluding carboxylic acids is 1. The number of carbonyl (C=O) groups is 1. The summed E-state index contributed by atoms with van der Waals surface area (Å²) in [7, 11) is 1.38. The lowest BCUT2D eigenvalue weighted by atomic mass is 10.0. The minimum atomic E-state index is -0.377. The first-order chi connectivity index (χ1) is 10.0. The third kappa shape index (κ3) is 4.10. The van der Waals surface area contributed by atoms with Crippen LogP contribution in [0.15, 0.2) is 12.1 Å². The van der Waals surface area contributed by atoms with Gasteiger partial charge in [-0.2, -0.15) is 0 Å². The molecular formula is C14H22ClN3O2S. The van der Waals surface area contributed by atoms with Gasteiger partial charge in [0, 0.05) is 30.1 Å². The molecule has 1 amide bonds. The number of hydrogen-bond acceptors (Lipinski definition) is 5. The molecule has 1 aromatic rings. The van der Waals surface area contributed by atoms with E-state index >= 15 is 0 Å². The van der Waals surface area contributed by atoms with Crippen LogP contribution in [0.25, 0.3) is 0 Å². The lowest BCUT2D eigenvalue weighted by molar-refractivity contribution is 0.164. The maximum atomic E-state index is 11.3. The average Bonchev–Trinajstić information content (AvgIpc) is 3.09. The van der Waals surface area contributed by atoms with Crippen LogP contribution in [0.4, 0.5) is 4.79 Å². The number of thiophene rings is 1. The Morgan fingerprint density at radius 1 is 1.67 bits per heavy atom. The van der Waals surface area contributed by atoms with Gasteiger partial charge in [0.25, 0.3) is 0 Å². The quantitative estimate of drug-likeness (QED) is 0.870. The second kappa shape index (κ2) is 7.45. The summed E-state index contributed by atoms with van der Waals surface area (Å²) < 4.78 is 5.44. The first-order valence-corrected chi connectivity index (χ1v) is 8.34. The minimum Gasteiger partial charge on any atom is -0.453 e. The molecule has 0 radical (unpaired) electrons. The Hall–Kier alpha value is -0.820. The maximum absolute atomic E-state index is 11.3. The average molecular weight is 332 g/mol. The lowest BCUT2D eigenvalue weighted by Crippen LogP contribution is -2.42. The highest BCUT2D eigenvalue weighted by Gasteiger charge is 2.33. The number of nitrogens with zero attached hydrogens (tertiary/aromatic N) is 1. The van der Waals surface area contributed by atoms with Crippen LogP contribution in [0, 0.1) is 0 Å². The number of rotatable bonds is 5. The molecule has 0 bridgehead atoms. The van der Waals surface area contributed by atoms with Gasteiger partial charge in [-0.15, -0.1) is 11.3 Å². The molecule has 5 nitrogen and oxygen atoms in total. The van der Waals surface area contributed by atoms with Crippen LogP contribution < -0.4 is 11.1 Å². The summed E-state index contributed by atoms with van der Waals surface area (Å²) in [6.45, 7) is 3.78. The predicted molar refractivity (Wildman–Crippen MR) is 85.9 cm³/mol. The van der Waals surface area contributed by atoms with Crippen LogP contribution in [-0.4, -0.2) is 43.3 Å². The molecule has 2 heterocycles. The summed E-state index contributed by atoms with van der Waals surface area (Å²) in [4.78, 5) is 14.8. The SMILES string of the molecule is CCC(N)C(c1ccc(Cl)s1)N1CCC(NC(=O)OC)C1. The highest BCUT2D eigenvalue weighted by molar-refractivity contribution is 7.16. The van der Waals surface area contributed by atoms with Gasteiger partial charge in [0.05, 0.1) is 17.5 Å². The molecule has 21 heavy (non-hydrogen) atoms. The fourth-order valence-electron chi connectivity index (χ4n) is 2.76. The Balaban J connectivity index is 2.07. The molecule has 1 saturated heterocycles. The Kier molecular flexibility index (Phi) is 5.87. The zero-order chi connectivity index (χ0) is 15.4. The van der Waals surface area contributed by atoms with Crippen molar-refractivity contribution >= 4 is 29.0 Å². The molecule has 3 atom stereocenters. The smallest absolute Gasteiger partial charge is 0.407 e. The lowest BCUT2D eigenvalue weighted by Gasteiger charge is -2.31. The molecule has 2 rings (SSSR count). The van der Waals surface area contributed by atoms with Crippen LogP contribution >= 0.6 is 22.9 Å². The van der Waals surface area contributed by atoms with Gasteiger partial charge >= 0.3 is 6.09 Å². The molecule has 0 aromatic carbocycles. The van der Waals surface area contributed by atoms with E-state index in [0.717, 1.165) is 30.3 Å². The Bertz CT molecular complexity index is 483. The molecule has 1 aromatic heterocycles. The van der Waals surface area contributed by atoms with Crippen molar-refractivity contribution in [2.75, 3.05) is 20.2 Å². The molecule has 1 aliphatic heterocycles. The molecule has 0 saturated carbocycles. The molecule has 0 spiro atoms. The second-order valence-corrected chi connectivity index (χ2v) is 7.02. The predicted octanol–water partition coefficient (Wildman–Crippen LogP) is 2.61. The molecule has 1 aliphatic rings. The van der Waals surface area contributed by atoms with Gasteiger partial charge in [0.2, 0.25) is 0 Å². The number of nitrogens with two attached hydrogens (primary N) is 1. The monoisotopic (exact) mass is 331 g/mol. The van der Waals surface area contributed by atoms with E-state index < -0.39 is 0 Å². The number of alkyl carbamates (subject to hydrolysis) is 1. The van der Waals surface area contributed by atoms with Gasteiger partial charge in [-0.25, -0.2) is 4.79 Å². The zero-order valence-electron chi connectivity index (χ0n) is 12.3. The summed E-state index contributed by atoms with van der Waals surface area (Å²) in [5, 5.41) is 2.86. The molecule has 0 aliphatic carbocycles. The van der Waals surface area contributed by atoms with E-state index in [0.29, 0.717) is 0 Å². The summed E-state index contributed by atoms with van der Waals surface area (Å²) in [5.41, 5.74) is 6.32. The molecule has 7 heteroatoms. The Morgan fingerprint density at radius 2 is 2.43 bits per heavy atom. The van der Waals surface area contributed by atoms with Crippen molar-refractivity contribution in [1.29, 1.82) is 0 Å². The van der Waals surface area contributed by atoms with Crippen LogP contribution in [-0.2, 0) is 4.74 Å². The summed E-state index contributed by atoms with van der Waals surface area (Å²) >= 11 is 7.64. The van der Waals surface area contributed by atoms with Crippen LogP contribution in [0.1, 0.15) is 30.7 Å². The summed E-state index contributed by atoms with van der Waals surface area (Å²) in [6.07, 6.45) is 1.42. The number of likely N-dealkylation sites (tertiary alicyclic amines) is 1. The Labute approximate surface area is 134 Å². The number of amides is 1. The van der Waals surface area contributed by atoms with Gasteiger partial charge in [-0.1, -0.05) is 18.5 Å². The number of hydrogen-bond donors (Lipinski definition) is 2. The van der Waals surface area contributed by atoms with Crippen molar-refractivity contribution < 1.29 is 9.53 Å². The van der Waals surface area contributed by atoms with Crippen molar-refractivity contribution in [3.05, 3.63) is 21.3 Å². The van der Waals surface area contributed by atoms with Crippen LogP contribution in [0.3, 0.4) is 0 Å². The highest BCUT2D eigenvalue weighted by Crippen LogP contribution is 2.34. The standard InChI is InChI=1S/C14H22ClN3O2S/c1-3-10(16)13(11-4-5-12(15)21-11)18-7-6-9(8-18)17-14(19)20-2/h4-5,9-10,13H,3,6-8,16H2,1-2H3,(H,17,19). The number of methoxy groups -OCH3 is 1. The molecule has 3 unspecified atom stereocenters. The third-order valence-electron chi connectivity index (χ3n) is 3.88. The van der Waals surface area contributed by atoms with E-state index in [1.807, 2.05) is 12.1 Å². The number of halogens is 1. The third-order valence-corrected chi connectivity index (χ3v) is 5.18. The molecule has 3 N–H and O–H groups in total. The largest absolute Gasteiger partial charge is 0.453 e. The van der Waals surface area contributed by atoms with E-state index in [4.69, 9.17) is 17.3 Å². The highest BCUT2D eigenvalue weighted by atomic mass is 35.5. The van der Waals surface area contributed by atoms with Crippen molar-refractivity contribution in [1.82, 2.24) is 10.2 Å². The molecule has 1 fully saturated rings. The van der Waals surface area contributed by atoms with Gasteiger partial charge in [-0.3, -0.25) is 4.90 Å². The number of nitrogens with one attached hydrogen (secondary N) is 1. The van der Waals surface area contributed by atoms with Crippen molar-refractivity contribution in [3.63, 3.8) is 0 Å². The van der Waals surface area contributed by atoms with Crippen LogP contribution in [0.5, 0.6) is 0 Å². The topological polar surface area (TPSA) is 67.6 Å². The fourth-order valence-corrected chi connectivity index (χ4v) is 4.03. The van der Waals surface area contributed by atoms with Crippen molar-refractivity contribution in [2.24, 2.45) is 5.73 Å². The fraction of sp³-hybridized carbons (Fsp3) is 0.643. The van der Waals surface area contributed by atoms with Gasteiger partial charge in [-0.05, 0) is 25.0 Å².